The first kappa shape index (κ1) is 22.0. The van der Waals surface area contributed by atoms with Gasteiger partial charge in [0.2, 0.25) is 5.95 Å². The summed E-state index contributed by atoms with van der Waals surface area (Å²) in [4.78, 5) is 24.3. The molecule has 33 heavy (non-hydrogen) atoms. The molecule has 3 aromatic rings. The number of nitro groups is 1. The van der Waals surface area contributed by atoms with Crippen molar-refractivity contribution in [2.75, 3.05) is 24.9 Å². The fourth-order valence-corrected chi connectivity index (χ4v) is 3.80. The summed E-state index contributed by atoms with van der Waals surface area (Å²) in [5, 5.41) is 29.0. The summed E-state index contributed by atoms with van der Waals surface area (Å²) in [5.74, 6) is 0.469. The van der Waals surface area contributed by atoms with Crippen molar-refractivity contribution in [3.8, 4) is 11.5 Å². The van der Waals surface area contributed by atoms with Gasteiger partial charge in [0.15, 0.2) is 0 Å². The Morgan fingerprint density at radius 3 is 2.70 bits per heavy atom. The van der Waals surface area contributed by atoms with Gasteiger partial charge < -0.3 is 20.1 Å². The van der Waals surface area contributed by atoms with Crippen LogP contribution < -0.4 is 20.1 Å². The van der Waals surface area contributed by atoms with E-state index in [-0.39, 0.29) is 11.3 Å². The number of carbonyl (C=O) groups is 1. The molecule has 13 heteroatoms. The highest BCUT2D eigenvalue weighted by atomic mass is 35.5. The predicted octanol–water partition coefficient (Wildman–Crippen LogP) is 3.18. The number of amides is 1. The van der Waals surface area contributed by atoms with Crippen molar-refractivity contribution in [2.24, 2.45) is 0 Å². The maximum atomic E-state index is 13.5. The molecule has 0 spiro atoms. The van der Waals surface area contributed by atoms with Crippen LogP contribution in [0.3, 0.4) is 0 Å². The molecule has 0 bridgehead atoms. The standard InChI is InChI=1S/C20H18ClN7O5/c1-10-17(19(29)23-14-9-15(32-2)13(21)8-16(14)33-3)18(27-20(22-10)24-25-26-27)11-5-4-6-12(7-11)28(30)31/h4-9,18H,1-3H3,(H,23,29)(H,22,24,26)/t18-/m0/s1. The Balaban J connectivity index is 1.79. The van der Waals surface area contributed by atoms with E-state index in [1.165, 1.54) is 49.2 Å². The van der Waals surface area contributed by atoms with Crippen LogP contribution in [0.25, 0.3) is 0 Å². The zero-order chi connectivity index (χ0) is 23.7. The van der Waals surface area contributed by atoms with Gasteiger partial charge in [-0.25, -0.2) is 0 Å². The van der Waals surface area contributed by atoms with Crippen molar-refractivity contribution < 1.29 is 19.2 Å². The number of benzene rings is 2. The van der Waals surface area contributed by atoms with Gasteiger partial charge in [-0.2, -0.15) is 4.68 Å². The molecular weight excluding hydrogens is 454 g/mol. The van der Waals surface area contributed by atoms with Crippen LogP contribution in [-0.4, -0.2) is 45.3 Å². The number of anilines is 2. The number of halogens is 1. The zero-order valence-electron chi connectivity index (χ0n) is 17.7. The number of methoxy groups -OCH3 is 2. The number of tetrazole rings is 1. The average molecular weight is 472 g/mol. The highest BCUT2D eigenvalue weighted by molar-refractivity contribution is 6.32. The van der Waals surface area contributed by atoms with Gasteiger partial charge >= 0.3 is 0 Å². The Morgan fingerprint density at radius 2 is 2.00 bits per heavy atom. The molecule has 0 saturated heterocycles. The zero-order valence-corrected chi connectivity index (χ0v) is 18.5. The molecule has 0 fully saturated rings. The van der Waals surface area contributed by atoms with Crippen LogP contribution in [0.2, 0.25) is 5.02 Å². The van der Waals surface area contributed by atoms with Crippen molar-refractivity contribution in [1.29, 1.82) is 0 Å². The van der Waals surface area contributed by atoms with Crippen molar-refractivity contribution in [3.63, 3.8) is 0 Å². The number of fused-ring (bicyclic) bond motifs is 1. The van der Waals surface area contributed by atoms with Gasteiger partial charge in [0, 0.05) is 30.0 Å². The molecule has 0 saturated carbocycles. The van der Waals surface area contributed by atoms with Gasteiger partial charge in [-0.05, 0) is 22.9 Å². The van der Waals surface area contributed by atoms with E-state index in [4.69, 9.17) is 21.1 Å². The van der Waals surface area contributed by atoms with Gasteiger partial charge in [0.25, 0.3) is 11.6 Å². The van der Waals surface area contributed by atoms with Crippen LogP contribution in [-0.2, 0) is 4.79 Å². The van der Waals surface area contributed by atoms with Crippen LogP contribution in [0, 0.1) is 10.1 Å². The largest absolute Gasteiger partial charge is 0.495 e. The topological polar surface area (TPSA) is 146 Å². The number of carbonyl (C=O) groups excluding carboxylic acids is 1. The van der Waals surface area contributed by atoms with Crippen LogP contribution >= 0.6 is 11.6 Å². The number of ether oxygens (including phenoxy) is 2. The number of non-ortho nitro benzene ring substituents is 1. The molecule has 1 aromatic heterocycles. The molecule has 1 atom stereocenters. The molecule has 2 N–H and O–H groups in total. The normalized spacial score (nSPS) is 14.8. The molecular formula is C20H18ClN7O5. The second kappa shape index (κ2) is 8.74. The highest BCUT2D eigenvalue weighted by Gasteiger charge is 2.35. The maximum absolute atomic E-state index is 13.5. The number of hydrogen-bond acceptors (Lipinski definition) is 9. The molecule has 4 rings (SSSR count). The highest BCUT2D eigenvalue weighted by Crippen LogP contribution is 2.39. The molecule has 0 aliphatic carbocycles. The summed E-state index contributed by atoms with van der Waals surface area (Å²) in [5.41, 5.74) is 1.40. The van der Waals surface area contributed by atoms with E-state index in [2.05, 4.69) is 26.2 Å². The first-order chi connectivity index (χ1) is 15.8. The van der Waals surface area contributed by atoms with Gasteiger partial charge in [-0.15, -0.1) is 0 Å². The summed E-state index contributed by atoms with van der Waals surface area (Å²) in [6.45, 7) is 1.69. The lowest BCUT2D eigenvalue weighted by Gasteiger charge is -2.28. The first-order valence-electron chi connectivity index (χ1n) is 9.57. The fraction of sp³-hybridized carbons (Fsp3) is 0.200. The lowest BCUT2D eigenvalue weighted by molar-refractivity contribution is -0.384. The molecule has 2 aromatic carbocycles. The number of nitrogens with one attached hydrogen (secondary N) is 2. The Labute approximate surface area is 192 Å². The summed E-state index contributed by atoms with van der Waals surface area (Å²) in [6, 6.07) is 8.19. The molecule has 0 unspecified atom stereocenters. The van der Waals surface area contributed by atoms with Crippen LogP contribution in [0.1, 0.15) is 18.5 Å². The molecule has 1 aliphatic rings. The minimum atomic E-state index is -0.823. The molecule has 170 valence electrons. The minimum Gasteiger partial charge on any atom is -0.495 e. The Hall–Kier alpha value is -4.19. The molecule has 1 aliphatic heterocycles. The van der Waals surface area contributed by atoms with Crippen molar-refractivity contribution in [3.05, 3.63) is 68.4 Å². The number of rotatable bonds is 6. The second-order valence-electron chi connectivity index (χ2n) is 7.01. The van der Waals surface area contributed by atoms with E-state index in [0.29, 0.717) is 39.4 Å². The van der Waals surface area contributed by atoms with Crippen molar-refractivity contribution >= 4 is 34.8 Å². The Kier molecular flexibility index (Phi) is 5.84. The third-order valence-corrected chi connectivity index (χ3v) is 5.37. The van der Waals surface area contributed by atoms with Gasteiger partial charge in [-0.3, -0.25) is 14.9 Å². The van der Waals surface area contributed by atoms with Gasteiger partial charge in [-0.1, -0.05) is 28.8 Å². The van der Waals surface area contributed by atoms with Crippen LogP contribution in [0.4, 0.5) is 17.3 Å². The first-order valence-corrected chi connectivity index (χ1v) is 9.94. The molecule has 1 amide bonds. The van der Waals surface area contributed by atoms with E-state index in [1.54, 1.807) is 13.0 Å². The summed E-state index contributed by atoms with van der Waals surface area (Å²) in [7, 11) is 2.90. The van der Waals surface area contributed by atoms with E-state index in [1.807, 2.05) is 0 Å². The number of nitrogens with zero attached hydrogens (tertiary/aromatic N) is 5. The summed E-state index contributed by atoms with van der Waals surface area (Å²) < 4.78 is 12.0. The number of nitro benzene ring substituents is 1. The second-order valence-corrected chi connectivity index (χ2v) is 7.41. The third-order valence-electron chi connectivity index (χ3n) is 5.08. The quantitative estimate of drug-likeness (QED) is 0.408. The number of aromatic nitrogens is 4. The fourth-order valence-electron chi connectivity index (χ4n) is 3.57. The monoisotopic (exact) mass is 471 g/mol. The smallest absolute Gasteiger partial charge is 0.269 e. The molecule has 2 heterocycles. The van der Waals surface area contributed by atoms with E-state index < -0.39 is 16.9 Å². The minimum absolute atomic E-state index is 0.123. The van der Waals surface area contributed by atoms with Crippen molar-refractivity contribution in [2.45, 2.75) is 13.0 Å². The Bertz CT molecular complexity index is 1290. The molecule has 12 nitrogen and oxygen atoms in total. The number of hydrogen-bond donors (Lipinski definition) is 2. The lowest BCUT2D eigenvalue weighted by atomic mass is 9.94. The average Bonchev–Trinajstić information content (AvgIpc) is 3.26. The number of allylic oxidation sites excluding steroid dienone is 1. The maximum Gasteiger partial charge on any atom is 0.269 e. The van der Waals surface area contributed by atoms with E-state index in [0.717, 1.165) is 0 Å². The summed E-state index contributed by atoms with van der Waals surface area (Å²) in [6.07, 6.45) is 0. The third kappa shape index (κ3) is 4.03. The predicted molar refractivity (Wildman–Crippen MR) is 119 cm³/mol. The summed E-state index contributed by atoms with van der Waals surface area (Å²) >= 11 is 6.16. The lowest BCUT2D eigenvalue weighted by Crippen LogP contribution is -2.31. The van der Waals surface area contributed by atoms with E-state index >= 15 is 0 Å². The molecule has 0 radical (unpaired) electrons. The van der Waals surface area contributed by atoms with E-state index in [9.17, 15) is 14.9 Å². The van der Waals surface area contributed by atoms with Gasteiger partial charge in [0.05, 0.1) is 35.4 Å². The van der Waals surface area contributed by atoms with Gasteiger partial charge in [0.1, 0.15) is 17.5 Å². The van der Waals surface area contributed by atoms with Crippen LogP contribution in [0.5, 0.6) is 11.5 Å². The SMILES string of the molecule is COc1cc(NC(=O)C2=C(C)Nc3nnnn3[C@H]2c2cccc([N+](=O)[O-])c2)c(OC)cc1Cl. The Morgan fingerprint density at radius 1 is 1.24 bits per heavy atom. The van der Waals surface area contributed by atoms with Crippen LogP contribution in [0.15, 0.2) is 47.7 Å². The van der Waals surface area contributed by atoms with Crippen molar-refractivity contribution in [1.82, 2.24) is 20.2 Å².